The van der Waals surface area contributed by atoms with Gasteiger partial charge in [0.05, 0.1) is 27.7 Å². The van der Waals surface area contributed by atoms with Crippen molar-refractivity contribution < 1.29 is 28.7 Å². The van der Waals surface area contributed by atoms with Crippen LogP contribution in [0.15, 0.2) is 126 Å². The van der Waals surface area contributed by atoms with E-state index in [2.05, 4.69) is 9.97 Å². The Balaban J connectivity index is 0.927. The van der Waals surface area contributed by atoms with E-state index >= 15 is 0 Å². The third-order valence-electron chi connectivity index (χ3n) is 11.0. The number of fused-ring (bicyclic) bond motifs is 4. The lowest BCUT2D eigenvalue weighted by molar-refractivity contribution is 0.0880. The molecule has 0 unspecified atom stereocenters. The highest BCUT2D eigenvalue weighted by molar-refractivity contribution is 6.36. The first kappa shape index (κ1) is 33.4. The fourth-order valence-electron chi connectivity index (χ4n) is 8.31. The van der Waals surface area contributed by atoms with Gasteiger partial charge < -0.3 is 14.5 Å². The smallest absolute Gasteiger partial charge is 0.266 e. The van der Waals surface area contributed by atoms with Gasteiger partial charge in [0.2, 0.25) is 0 Å². The third kappa shape index (κ3) is 5.48. The molecule has 1 N–H and O–H groups in total. The number of ether oxygens (including phenoxy) is 2. The van der Waals surface area contributed by atoms with Gasteiger partial charge in [-0.3, -0.25) is 24.0 Å². The van der Waals surface area contributed by atoms with Crippen LogP contribution in [0.2, 0.25) is 0 Å². The maximum absolute atomic E-state index is 13.9. The number of imide groups is 1. The molecule has 0 bridgehead atoms. The fourth-order valence-corrected chi connectivity index (χ4v) is 8.31. The summed E-state index contributed by atoms with van der Waals surface area (Å²) in [6.45, 7) is 0. The number of para-hydroxylation sites is 2. The van der Waals surface area contributed by atoms with Crippen molar-refractivity contribution in [3.05, 3.63) is 165 Å². The first-order valence-electron chi connectivity index (χ1n) is 18.5. The lowest BCUT2D eigenvalue weighted by Gasteiger charge is -2.21. The Kier molecular flexibility index (Phi) is 7.74. The molecule has 2 aliphatic carbocycles. The minimum absolute atomic E-state index is 0.0680. The number of rotatable bonds is 7. The van der Waals surface area contributed by atoms with E-state index in [9.17, 15) is 24.0 Å². The molecule has 1 aliphatic heterocycles. The minimum Gasteiger partial charge on any atom is -0.457 e. The first-order chi connectivity index (χ1) is 27.3. The number of nitrogens with one attached hydrogen (secondary N) is 1. The molecule has 1 aromatic heterocycles. The summed E-state index contributed by atoms with van der Waals surface area (Å²) in [7, 11) is 0. The van der Waals surface area contributed by atoms with Gasteiger partial charge in [-0.05, 0) is 108 Å². The van der Waals surface area contributed by atoms with Crippen molar-refractivity contribution >= 4 is 50.7 Å². The number of nitrogens with zero attached hydrogens (tertiary/aromatic N) is 2. The van der Waals surface area contributed by atoms with Crippen LogP contribution in [0.5, 0.6) is 23.0 Å². The summed E-state index contributed by atoms with van der Waals surface area (Å²) in [5.41, 5.74) is 2.16. The summed E-state index contributed by atoms with van der Waals surface area (Å²) >= 11 is 0. The van der Waals surface area contributed by atoms with E-state index in [1.807, 2.05) is 60.7 Å². The largest absolute Gasteiger partial charge is 0.457 e. The second-order valence-corrected chi connectivity index (χ2v) is 14.4. The number of aromatic amines is 1. The Hall–Kier alpha value is -7.20. The maximum Gasteiger partial charge on any atom is 0.266 e. The zero-order chi connectivity index (χ0) is 38.1. The summed E-state index contributed by atoms with van der Waals surface area (Å²) in [5, 5.41) is 1.30. The van der Waals surface area contributed by atoms with E-state index in [4.69, 9.17) is 9.47 Å². The molecule has 10 heteroatoms. The van der Waals surface area contributed by atoms with Gasteiger partial charge in [-0.2, -0.15) is 0 Å². The zero-order valence-corrected chi connectivity index (χ0v) is 29.8. The first-order valence-corrected chi connectivity index (χ1v) is 18.5. The highest BCUT2D eigenvalue weighted by Gasteiger charge is 2.43. The van der Waals surface area contributed by atoms with Crippen LogP contribution in [0.25, 0.3) is 21.7 Å². The molecule has 0 saturated heterocycles. The van der Waals surface area contributed by atoms with Gasteiger partial charge in [0.25, 0.3) is 17.4 Å². The molecular formula is C46H31N3O7. The van der Waals surface area contributed by atoms with E-state index in [0.29, 0.717) is 39.5 Å². The van der Waals surface area contributed by atoms with E-state index in [1.165, 1.54) is 4.90 Å². The molecule has 10 rings (SSSR count). The molecule has 2 amide bonds. The molecule has 0 spiro atoms. The lowest BCUT2D eigenvalue weighted by Crippen LogP contribution is -2.30. The molecule has 1 fully saturated rings. The molecule has 6 aromatic carbocycles. The topological polar surface area (TPSA) is 136 Å². The van der Waals surface area contributed by atoms with Crippen LogP contribution < -0.4 is 19.9 Å². The normalized spacial score (nSPS) is 15.6. The second-order valence-electron chi connectivity index (χ2n) is 14.4. The highest BCUT2D eigenvalue weighted by atomic mass is 16.5. The lowest BCUT2D eigenvalue weighted by atomic mass is 9.95. The fraction of sp³-hybridized carbons (Fsp3) is 0.130. The molecule has 0 radical (unpaired) electrons. The van der Waals surface area contributed by atoms with Crippen molar-refractivity contribution in [1.29, 1.82) is 0 Å². The van der Waals surface area contributed by atoms with E-state index in [1.54, 1.807) is 60.7 Å². The molecule has 3 aliphatic rings. The van der Waals surface area contributed by atoms with Crippen LogP contribution in [-0.2, 0) is 0 Å². The minimum atomic E-state index is -1.36. The maximum atomic E-state index is 13.9. The van der Waals surface area contributed by atoms with Gasteiger partial charge in [-0.1, -0.05) is 55.3 Å². The van der Waals surface area contributed by atoms with Gasteiger partial charge in [-0.15, -0.1) is 0 Å². The molecule has 7 aromatic rings. The van der Waals surface area contributed by atoms with E-state index in [-0.39, 0.29) is 44.9 Å². The van der Waals surface area contributed by atoms with E-state index < -0.39 is 34.9 Å². The molecule has 2 heterocycles. The number of ketones is 2. The van der Waals surface area contributed by atoms with Crippen molar-refractivity contribution in [2.45, 2.75) is 37.5 Å². The van der Waals surface area contributed by atoms with Crippen LogP contribution >= 0.6 is 0 Å². The van der Waals surface area contributed by atoms with Crippen LogP contribution in [0.4, 0.5) is 5.69 Å². The number of amides is 2. The van der Waals surface area contributed by atoms with Crippen LogP contribution in [0, 0.1) is 0 Å². The average molecular weight is 738 g/mol. The van der Waals surface area contributed by atoms with Crippen molar-refractivity contribution in [1.82, 2.24) is 9.97 Å². The van der Waals surface area contributed by atoms with Gasteiger partial charge in [-0.25, -0.2) is 9.88 Å². The molecule has 10 nitrogen and oxygen atoms in total. The van der Waals surface area contributed by atoms with Crippen molar-refractivity contribution in [2.75, 3.05) is 4.90 Å². The number of benzene rings is 6. The summed E-state index contributed by atoms with van der Waals surface area (Å²) in [4.78, 5) is 77.5. The molecule has 1 saturated carbocycles. The number of anilines is 1. The Morgan fingerprint density at radius 1 is 0.571 bits per heavy atom. The summed E-state index contributed by atoms with van der Waals surface area (Å²) in [6, 6.07) is 35.3. The quantitative estimate of drug-likeness (QED) is 0.126. The summed E-state index contributed by atoms with van der Waals surface area (Å²) < 4.78 is 12.0. The molecule has 272 valence electrons. The molecular weight excluding hydrogens is 707 g/mol. The third-order valence-corrected chi connectivity index (χ3v) is 11.0. The van der Waals surface area contributed by atoms with Gasteiger partial charge >= 0.3 is 0 Å². The van der Waals surface area contributed by atoms with Crippen molar-refractivity contribution in [2.24, 2.45) is 0 Å². The zero-order valence-electron chi connectivity index (χ0n) is 29.8. The van der Waals surface area contributed by atoms with Gasteiger partial charge in [0, 0.05) is 17.2 Å². The second kappa shape index (κ2) is 13.0. The predicted octanol–water partition coefficient (Wildman–Crippen LogP) is 9.28. The predicted molar refractivity (Wildman–Crippen MR) is 210 cm³/mol. The SMILES string of the molecule is O=C1c2cc3cc4c(cc3cc2C(=O)C1c1nc2ccc(Oc3cccc(Oc5ccccc5)c3)cc2c(=O)[nH]1)C(=O)N(c1ccccc1C1CCCC1)C4=O. The van der Waals surface area contributed by atoms with Gasteiger partial charge in [0.15, 0.2) is 11.6 Å². The Labute approximate surface area is 319 Å². The highest BCUT2D eigenvalue weighted by Crippen LogP contribution is 2.42. The number of carbonyl (C=O) groups excluding carboxylic acids is 4. The number of H-pyrrole nitrogens is 1. The number of hydrogen-bond donors (Lipinski definition) is 1. The molecule has 0 atom stereocenters. The Morgan fingerprint density at radius 2 is 1.14 bits per heavy atom. The number of carbonyl (C=O) groups is 4. The standard InChI is InChI=1S/C46H31N3O7/c50-41-33-19-26-21-35-36(46(54)49(45(35)53)39-16-7-6-15-32(39)25-9-4-5-10-25)22-27(26)20-34(33)42(51)40(41)43-47-38-18-17-31(24-37(38)44(52)48-43)56-30-14-8-13-29(23-30)55-28-11-2-1-3-12-28/h1-3,6-8,11-25,40H,4-5,9-10H2,(H,47,48,52). The van der Waals surface area contributed by atoms with Crippen molar-refractivity contribution in [3.8, 4) is 23.0 Å². The van der Waals surface area contributed by atoms with Gasteiger partial charge in [0.1, 0.15) is 34.7 Å². The summed E-state index contributed by atoms with van der Waals surface area (Å²) in [6.07, 6.45) is 4.25. The van der Waals surface area contributed by atoms with Crippen LogP contribution in [0.3, 0.4) is 0 Å². The van der Waals surface area contributed by atoms with Crippen molar-refractivity contribution in [3.63, 3.8) is 0 Å². The number of aromatic nitrogens is 2. The summed E-state index contributed by atoms with van der Waals surface area (Å²) in [5.74, 6) is -0.879. The average Bonchev–Trinajstić information content (AvgIpc) is 3.89. The number of Topliss-reactive ketones (excluding diaryl/α,β-unsaturated/α-hetero) is 2. The monoisotopic (exact) mass is 737 g/mol. The Morgan fingerprint density at radius 3 is 1.82 bits per heavy atom. The van der Waals surface area contributed by atoms with Crippen LogP contribution in [-0.4, -0.2) is 33.3 Å². The van der Waals surface area contributed by atoms with Crippen LogP contribution in [0.1, 0.15) is 90.3 Å². The Bertz CT molecular complexity index is 2820. The number of hydrogen-bond acceptors (Lipinski definition) is 8. The van der Waals surface area contributed by atoms with E-state index in [0.717, 1.165) is 31.2 Å². The molecule has 56 heavy (non-hydrogen) atoms.